The van der Waals surface area contributed by atoms with Gasteiger partial charge in [0.15, 0.2) is 5.13 Å². The molecule has 2 aromatic rings. The lowest BCUT2D eigenvalue weighted by atomic mass is 10.3. The summed E-state index contributed by atoms with van der Waals surface area (Å²) in [5, 5.41) is 5.53. The molecular weight excluding hydrogens is 369 g/mol. The first-order valence-corrected chi connectivity index (χ1v) is 8.94. The van der Waals surface area contributed by atoms with Crippen LogP contribution in [0, 0.1) is 12.7 Å². The predicted octanol–water partition coefficient (Wildman–Crippen LogP) is 3.56. The second kappa shape index (κ2) is 7.99. The van der Waals surface area contributed by atoms with E-state index in [0.717, 1.165) is 5.69 Å². The second-order valence-corrected chi connectivity index (χ2v) is 6.81. The van der Waals surface area contributed by atoms with Crippen molar-refractivity contribution in [1.29, 1.82) is 0 Å². The first kappa shape index (κ1) is 17.9. The van der Waals surface area contributed by atoms with Gasteiger partial charge in [-0.2, -0.15) is 0 Å². The van der Waals surface area contributed by atoms with Crippen molar-refractivity contribution < 1.29 is 18.7 Å². The van der Waals surface area contributed by atoms with Gasteiger partial charge >= 0.3 is 6.03 Å². The number of hydrogen-bond acceptors (Lipinski definition) is 5. The molecule has 0 saturated carbocycles. The molecule has 0 spiro atoms. The van der Waals surface area contributed by atoms with Crippen LogP contribution in [0.1, 0.15) is 5.69 Å². The Morgan fingerprint density at radius 1 is 1.60 bits per heavy atom. The van der Waals surface area contributed by atoms with Crippen LogP contribution >= 0.6 is 22.9 Å². The fourth-order valence-corrected chi connectivity index (χ4v) is 3.21. The van der Waals surface area contributed by atoms with Crippen molar-refractivity contribution in [2.75, 3.05) is 31.6 Å². The Hall–Kier alpha value is -1.90. The summed E-state index contributed by atoms with van der Waals surface area (Å²) in [7, 11) is 0. The zero-order valence-electron chi connectivity index (χ0n) is 13.5. The van der Waals surface area contributed by atoms with Gasteiger partial charge in [0.05, 0.1) is 23.9 Å². The number of urea groups is 1. The lowest BCUT2D eigenvalue weighted by Gasteiger charge is -2.32. The first-order chi connectivity index (χ1) is 12.0. The summed E-state index contributed by atoms with van der Waals surface area (Å²) in [6.45, 7) is 3.28. The summed E-state index contributed by atoms with van der Waals surface area (Å²) >= 11 is 7.35. The number of rotatable bonds is 4. The minimum Gasteiger partial charge on any atom is -0.489 e. The van der Waals surface area contributed by atoms with E-state index >= 15 is 0 Å². The Labute approximate surface area is 153 Å². The molecule has 1 aliphatic rings. The van der Waals surface area contributed by atoms with E-state index < -0.39 is 5.82 Å². The molecule has 1 aliphatic heterocycles. The van der Waals surface area contributed by atoms with Crippen molar-refractivity contribution in [3.05, 3.63) is 40.1 Å². The van der Waals surface area contributed by atoms with Gasteiger partial charge in [-0.05, 0) is 19.1 Å². The van der Waals surface area contributed by atoms with Gasteiger partial charge in [-0.15, -0.1) is 11.3 Å². The molecule has 25 heavy (non-hydrogen) atoms. The van der Waals surface area contributed by atoms with Crippen LogP contribution < -0.4 is 10.1 Å². The van der Waals surface area contributed by atoms with Crippen LogP contribution in [-0.4, -0.2) is 48.3 Å². The fourth-order valence-electron chi connectivity index (χ4n) is 2.36. The molecule has 134 valence electrons. The molecule has 1 atom stereocenters. The van der Waals surface area contributed by atoms with Crippen molar-refractivity contribution in [2.45, 2.75) is 13.0 Å². The molecule has 0 bridgehead atoms. The molecule has 1 fully saturated rings. The normalized spacial score (nSPS) is 17.4. The minimum absolute atomic E-state index is 0.170. The Bertz CT molecular complexity index is 758. The number of benzene rings is 1. The molecule has 1 N–H and O–H groups in total. The van der Waals surface area contributed by atoms with Crippen LogP contribution in [0.5, 0.6) is 5.75 Å². The van der Waals surface area contributed by atoms with Gasteiger partial charge in [-0.25, -0.2) is 14.2 Å². The number of aryl methyl sites for hydroxylation is 1. The molecule has 0 aliphatic carbocycles. The molecular formula is C16H17ClFN3O3S. The third kappa shape index (κ3) is 4.81. The molecule has 2 amide bonds. The van der Waals surface area contributed by atoms with Gasteiger partial charge in [-0.1, -0.05) is 11.6 Å². The molecule has 1 aromatic heterocycles. The maximum atomic E-state index is 13.3. The highest BCUT2D eigenvalue weighted by molar-refractivity contribution is 7.13. The first-order valence-electron chi connectivity index (χ1n) is 7.69. The van der Waals surface area contributed by atoms with Crippen molar-refractivity contribution in [3.8, 4) is 5.75 Å². The standard InChI is InChI=1S/C16H17ClFN3O3S/c1-10-9-25-15(19-10)20-16(22)21-4-5-23-12(7-21)8-24-14-6-11(18)2-3-13(14)17/h2-3,6,9,12H,4-5,7-8H2,1H3,(H,19,20,22). The molecule has 1 unspecified atom stereocenters. The number of hydrogen-bond donors (Lipinski definition) is 1. The Morgan fingerprint density at radius 2 is 2.44 bits per heavy atom. The third-order valence-corrected chi connectivity index (χ3v) is 4.76. The van der Waals surface area contributed by atoms with Crippen molar-refractivity contribution in [1.82, 2.24) is 9.88 Å². The number of ether oxygens (including phenoxy) is 2. The van der Waals surface area contributed by atoms with E-state index in [-0.39, 0.29) is 24.5 Å². The minimum atomic E-state index is -0.427. The lowest BCUT2D eigenvalue weighted by Crippen LogP contribution is -2.49. The zero-order chi connectivity index (χ0) is 17.8. The molecule has 9 heteroatoms. The van der Waals surface area contributed by atoms with Crippen molar-refractivity contribution >= 4 is 34.1 Å². The quantitative estimate of drug-likeness (QED) is 0.874. The van der Waals surface area contributed by atoms with Gasteiger partial charge < -0.3 is 14.4 Å². The highest BCUT2D eigenvalue weighted by Crippen LogP contribution is 2.25. The zero-order valence-corrected chi connectivity index (χ0v) is 15.1. The van der Waals surface area contributed by atoms with Gasteiger partial charge in [0.2, 0.25) is 0 Å². The van der Waals surface area contributed by atoms with E-state index in [9.17, 15) is 9.18 Å². The number of carbonyl (C=O) groups excluding carboxylic acids is 1. The van der Waals surface area contributed by atoms with E-state index in [4.69, 9.17) is 21.1 Å². The summed E-state index contributed by atoms with van der Waals surface area (Å²) in [4.78, 5) is 18.2. The maximum absolute atomic E-state index is 13.3. The van der Waals surface area contributed by atoms with E-state index in [1.165, 1.54) is 29.5 Å². The van der Waals surface area contributed by atoms with E-state index in [1.54, 1.807) is 4.90 Å². The largest absolute Gasteiger partial charge is 0.489 e. The Balaban J connectivity index is 1.53. The average Bonchev–Trinajstić information content (AvgIpc) is 3.01. The number of anilines is 1. The topological polar surface area (TPSA) is 63.7 Å². The average molecular weight is 386 g/mol. The monoisotopic (exact) mass is 385 g/mol. The van der Waals surface area contributed by atoms with Gasteiger partial charge in [0.1, 0.15) is 24.3 Å². The summed E-state index contributed by atoms with van der Waals surface area (Å²) in [6, 6.07) is 3.69. The number of morpholine rings is 1. The van der Waals surface area contributed by atoms with E-state index in [0.29, 0.717) is 29.9 Å². The highest BCUT2D eigenvalue weighted by Gasteiger charge is 2.25. The molecule has 0 radical (unpaired) electrons. The number of nitrogens with one attached hydrogen (secondary N) is 1. The SMILES string of the molecule is Cc1csc(NC(=O)N2CCOC(COc3cc(F)ccc3Cl)C2)n1. The highest BCUT2D eigenvalue weighted by atomic mass is 35.5. The van der Waals surface area contributed by atoms with Gasteiger partial charge in [0, 0.05) is 18.0 Å². The molecule has 3 rings (SSSR count). The maximum Gasteiger partial charge on any atom is 0.323 e. The summed E-state index contributed by atoms with van der Waals surface area (Å²) < 4.78 is 24.4. The van der Waals surface area contributed by atoms with Crippen LogP contribution in [0.4, 0.5) is 14.3 Å². The van der Waals surface area contributed by atoms with Gasteiger partial charge in [-0.3, -0.25) is 5.32 Å². The number of aromatic nitrogens is 1. The fraction of sp³-hybridized carbons (Fsp3) is 0.375. The van der Waals surface area contributed by atoms with Crippen LogP contribution in [0.25, 0.3) is 0 Å². The van der Waals surface area contributed by atoms with Crippen LogP contribution in [0.3, 0.4) is 0 Å². The molecule has 1 saturated heterocycles. The third-order valence-electron chi connectivity index (χ3n) is 3.58. The van der Waals surface area contributed by atoms with Crippen LogP contribution in [0.15, 0.2) is 23.6 Å². The van der Waals surface area contributed by atoms with E-state index in [2.05, 4.69) is 10.3 Å². The van der Waals surface area contributed by atoms with Crippen molar-refractivity contribution in [2.24, 2.45) is 0 Å². The number of carbonyl (C=O) groups is 1. The van der Waals surface area contributed by atoms with Crippen LogP contribution in [-0.2, 0) is 4.74 Å². The van der Waals surface area contributed by atoms with Gasteiger partial charge in [0.25, 0.3) is 0 Å². The smallest absolute Gasteiger partial charge is 0.323 e. The number of amides is 2. The Kier molecular flexibility index (Phi) is 5.72. The number of halogens is 2. The van der Waals surface area contributed by atoms with Crippen LogP contribution in [0.2, 0.25) is 5.02 Å². The summed E-state index contributed by atoms with van der Waals surface area (Å²) in [6.07, 6.45) is -0.322. The number of nitrogens with zero attached hydrogens (tertiary/aromatic N) is 2. The predicted molar refractivity (Wildman–Crippen MR) is 94.1 cm³/mol. The molecule has 2 heterocycles. The van der Waals surface area contributed by atoms with Crippen molar-refractivity contribution in [3.63, 3.8) is 0 Å². The summed E-state index contributed by atoms with van der Waals surface area (Å²) in [5.41, 5.74) is 0.862. The van der Waals surface area contributed by atoms with E-state index in [1.807, 2.05) is 12.3 Å². The summed E-state index contributed by atoms with van der Waals surface area (Å²) in [5.74, 6) is -0.172. The molecule has 1 aromatic carbocycles. The lowest BCUT2D eigenvalue weighted by molar-refractivity contribution is -0.0337. The Morgan fingerprint density at radius 3 is 3.20 bits per heavy atom. The second-order valence-electron chi connectivity index (χ2n) is 5.55. The molecule has 6 nitrogen and oxygen atoms in total. The number of thiazole rings is 1.